The van der Waals surface area contributed by atoms with Crippen LogP contribution in [-0.2, 0) is 6.42 Å². The monoisotopic (exact) mass is 444 g/mol. The van der Waals surface area contributed by atoms with Crippen LogP contribution in [0.4, 0.5) is 0 Å². The molecule has 1 aliphatic heterocycles. The van der Waals surface area contributed by atoms with E-state index in [1.165, 1.54) is 0 Å². The summed E-state index contributed by atoms with van der Waals surface area (Å²) in [5, 5.41) is 8.94. The zero-order valence-corrected chi connectivity index (χ0v) is 18.3. The predicted octanol–water partition coefficient (Wildman–Crippen LogP) is 5.46. The van der Waals surface area contributed by atoms with Crippen LogP contribution in [0.3, 0.4) is 0 Å². The third-order valence-corrected chi connectivity index (χ3v) is 5.82. The Kier molecular flexibility index (Phi) is 5.67. The van der Waals surface area contributed by atoms with Crippen LogP contribution in [0.2, 0.25) is 0 Å². The molecule has 1 N–H and O–H groups in total. The molecule has 1 aliphatic rings. The van der Waals surface area contributed by atoms with Crippen molar-refractivity contribution in [1.82, 2.24) is 9.97 Å². The first kappa shape index (κ1) is 21.2. The van der Waals surface area contributed by atoms with Crippen LogP contribution in [0.15, 0.2) is 84.0 Å². The number of carbonyl (C=O) groups is 2. The minimum absolute atomic E-state index is 0.0317. The van der Waals surface area contributed by atoms with E-state index in [1.807, 2.05) is 42.5 Å². The van der Waals surface area contributed by atoms with Crippen LogP contribution in [0.5, 0.6) is 0 Å². The second kappa shape index (κ2) is 9.08. The average molecular weight is 444 g/mol. The minimum atomic E-state index is -0.0651. The largest absolute Gasteiger partial charge is 0.342 e. The topological polar surface area (TPSA) is 99.0 Å². The second-order valence-corrected chi connectivity index (χ2v) is 8.14. The molecule has 0 aliphatic carbocycles. The lowest BCUT2D eigenvalue weighted by atomic mass is 10.0. The van der Waals surface area contributed by atoms with Crippen molar-refractivity contribution in [2.45, 2.75) is 19.3 Å². The van der Waals surface area contributed by atoms with Gasteiger partial charge in [-0.2, -0.15) is 5.26 Å². The number of benzene rings is 3. The van der Waals surface area contributed by atoms with E-state index < -0.39 is 0 Å². The Morgan fingerprint density at radius 2 is 1.65 bits per heavy atom. The molecule has 5 rings (SSSR count). The summed E-state index contributed by atoms with van der Waals surface area (Å²) in [6.45, 7) is 0. The number of carbonyl (C=O) groups excluding carboxylic acids is 2. The molecule has 0 saturated heterocycles. The summed E-state index contributed by atoms with van der Waals surface area (Å²) in [4.78, 5) is 37.7. The first-order valence-corrected chi connectivity index (χ1v) is 11.0. The van der Waals surface area contributed by atoms with E-state index in [9.17, 15) is 9.59 Å². The van der Waals surface area contributed by atoms with Gasteiger partial charge in [-0.1, -0.05) is 48.5 Å². The summed E-state index contributed by atoms with van der Waals surface area (Å²) < 4.78 is 0. The van der Waals surface area contributed by atoms with Gasteiger partial charge in [-0.3, -0.25) is 14.6 Å². The lowest BCUT2D eigenvalue weighted by molar-refractivity contribution is 0.0987. The quantitative estimate of drug-likeness (QED) is 0.383. The molecule has 0 radical (unpaired) electrons. The summed E-state index contributed by atoms with van der Waals surface area (Å²) in [7, 11) is 0. The Hall–Kier alpha value is -4.63. The fraction of sp³-hybridized carbons (Fsp3) is 0.107. The number of H-pyrrole nitrogens is 1. The van der Waals surface area contributed by atoms with Gasteiger partial charge in [-0.25, -0.2) is 4.98 Å². The maximum Gasteiger partial charge on any atom is 0.170 e. The number of Topliss-reactive ketones (excluding diaryl/α,β-unsaturated/α-hetero) is 2. The number of nitrogens with one attached hydrogen (secondary N) is 1. The van der Waals surface area contributed by atoms with Crippen LogP contribution in [0.25, 0.3) is 22.2 Å². The first-order chi connectivity index (χ1) is 16.6. The molecule has 0 atom stereocenters. The SMILES string of the molecule is N#Cc1ccc(-c2ccc(C(=O)Cc3nc4c(C(=O)CC5=NC=CC5)cccc4[nH]3)cc2)cc1. The molecule has 0 amide bonds. The summed E-state index contributed by atoms with van der Waals surface area (Å²) in [6.07, 6.45) is 4.72. The molecular formula is C28H20N4O2. The number of allylic oxidation sites excluding steroid dienone is 1. The highest BCUT2D eigenvalue weighted by atomic mass is 16.1. The molecular weight excluding hydrogens is 424 g/mol. The number of imidazole rings is 1. The molecule has 6 nitrogen and oxygen atoms in total. The first-order valence-electron chi connectivity index (χ1n) is 11.0. The molecule has 0 spiro atoms. The Morgan fingerprint density at radius 3 is 2.32 bits per heavy atom. The van der Waals surface area contributed by atoms with Crippen molar-refractivity contribution in [2.75, 3.05) is 0 Å². The van der Waals surface area contributed by atoms with Crippen molar-refractivity contribution in [3.63, 3.8) is 0 Å². The lowest BCUT2D eigenvalue weighted by Crippen LogP contribution is -2.07. The van der Waals surface area contributed by atoms with Crippen molar-refractivity contribution in [2.24, 2.45) is 4.99 Å². The summed E-state index contributed by atoms with van der Waals surface area (Å²) in [5.41, 5.74) is 5.83. The number of ketones is 2. The summed E-state index contributed by atoms with van der Waals surface area (Å²) in [6, 6.07) is 22.2. The van der Waals surface area contributed by atoms with Gasteiger partial charge in [0.05, 0.1) is 29.1 Å². The van der Waals surface area contributed by atoms with Crippen molar-refractivity contribution in [3.8, 4) is 17.2 Å². The van der Waals surface area contributed by atoms with E-state index in [0.717, 1.165) is 22.4 Å². The molecule has 0 saturated carbocycles. The zero-order chi connectivity index (χ0) is 23.5. The predicted molar refractivity (Wildman–Crippen MR) is 131 cm³/mol. The maximum atomic E-state index is 12.9. The molecule has 6 heteroatoms. The molecule has 0 bridgehead atoms. The number of aromatic amines is 1. The number of para-hydroxylation sites is 1. The zero-order valence-electron chi connectivity index (χ0n) is 18.3. The van der Waals surface area contributed by atoms with Crippen molar-refractivity contribution in [1.29, 1.82) is 5.26 Å². The highest BCUT2D eigenvalue weighted by Crippen LogP contribution is 2.22. The summed E-state index contributed by atoms with van der Waals surface area (Å²) in [5.74, 6) is 0.428. The number of nitrogens with zero attached hydrogens (tertiary/aromatic N) is 3. The van der Waals surface area contributed by atoms with E-state index >= 15 is 0 Å². The summed E-state index contributed by atoms with van der Waals surface area (Å²) >= 11 is 0. The van der Waals surface area contributed by atoms with Gasteiger partial charge < -0.3 is 4.98 Å². The number of rotatable bonds is 7. The highest BCUT2D eigenvalue weighted by Gasteiger charge is 2.18. The smallest absolute Gasteiger partial charge is 0.170 e. The number of aliphatic imine (C=N–C) groups is 1. The minimum Gasteiger partial charge on any atom is -0.342 e. The van der Waals surface area contributed by atoms with Crippen LogP contribution in [-0.4, -0.2) is 27.2 Å². The standard InChI is InChI=1S/C28H20N4O2/c29-17-18-6-8-19(9-7-18)20-10-12-21(13-11-20)25(33)16-27-31-24-5-1-4-23(28(24)32-27)26(34)15-22-3-2-14-30-22/h1-2,4-14H,3,15-16H2,(H,31,32). The van der Waals surface area contributed by atoms with Gasteiger partial charge in [-0.05, 0) is 35.4 Å². The number of nitriles is 1. The third kappa shape index (κ3) is 4.32. The van der Waals surface area contributed by atoms with Crippen LogP contribution in [0, 0.1) is 11.3 Å². The molecule has 1 aromatic heterocycles. The lowest BCUT2D eigenvalue weighted by Gasteiger charge is -2.04. The number of aromatic nitrogens is 2. The van der Waals surface area contributed by atoms with Gasteiger partial charge in [0.15, 0.2) is 11.6 Å². The maximum absolute atomic E-state index is 12.9. The van der Waals surface area contributed by atoms with Gasteiger partial charge in [-0.15, -0.1) is 0 Å². The van der Waals surface area contributed by atoms with E-state index in [4.69, 9.17) is 5.26 Å². The van der Waals surface area contributed by atoms with Crippen molar-refractivity contribution >= 4 is 28.3 Å². The van der Waals surface area contributed by atoms with Crippen LogP contribution in [0.1, 0.15) is 44.9 Å². The van der Waals surface area contributed by atoms with E-state index in [0.29, 0.717) is 34.5 Å². The molecule has 164 valence electrons. The number of hydrogen-bond donors (Lipinski definition) is 1. The molecule has 3 aromatic carbocycles. The third-order valence-electron chi connectivity index (χ3n) is 5.82. The number of hydrogen-bond acceptors (Lipinski definition) is 5. The molecule has 4 aromatic rings. The van der Waals surface area contributed by atoms with Gasteiger partial charge in [0.25, 0.3) is 0 Å². The normalized spacial score (nSPS) is 12.5. The molecule has 34 heavy (non-hydrogen) atoms. The fourth-order valence-electron chi connectivity index (χ4n) is 4.03. The van der Waals surface area contributed by atoms with Gasteiger partial charge in [0.1, 0.15) is 5.82 Å². The van der Waals surface area contributed by atoms with Gasteiger partial charge in [0.2, 0.25) is 0 Å². The highest BCUT2D eigenvalue weighted by molar-refractivity contribution is 6.15. The van der Waals surface area contributed by atoms with Crippen LogP contribution < -0.4 is 0 Å². The van der Waals surface area contributed by atoms with Crippen LogP contribution >= 0.6 is 0 Å². The molecule has 0 fully saturated rings. The van der Waals surface area contributed by atoms with E-state index in [1.54, 1.807) is 36.5 Å². The van der Waals surface area contributed by atoms with Crippen molar-refractivity contribution < 1.29 is 9.59 Å². The van der Waals surface area contributed by atoms with E-state index in [-0.39, 0.29) is 24.4 Å². The molecule has 0 unspecified atom stereocenters. The van der Waals surface area contributed by atoms with Crippen molar-refractivity contribution in [3.05, 3.63) is 102 Å². The molecule has 2 heterocycles. The fourth-order valence-corrected chi connectivity index (χ4v) is 4.03. The van der Waals surface area contributed by atoms with Gasteiger partial charge in [0, 0.05) is 35.9 Å². The number of fused-ring (bicyclic) bond motifs is 1. The Balaban J connectivity index is 1.32. The van der Waals surface area contributed by atoms with Gasteiger partial charge >= 0.3 is 0 Å². The Bertz CT molecular complexity index is 1500. The second-order valence-electron chi connectivity index (χ2n) is 8.14. The Labute approximate surface area is 196 Å². The van der Waals surface area contributed by atoms with E-state index in [2.05, 4.69) is 21.0 Å². The average Bonchev–Trinajstić information content (AvgIpc) is 3.53. The Morgan fingerprint density at radius 1 is 0.912 bits per heavy atom.